The number of hydrogen-bond acceptors (Lipinski definition) is 1. The van der Waals surface area contributed by atoms with Gasteiger partial charge in [0.1, 0.15) is 40.4 Å². The Hall–Kier alpha value is -4.72. The maximum Gasteiger partial charge on any atom is 0.458 e. The molecule has 0 aromatic heterocycles. The number of rotatable bonds is 4. The van der Waals surface area contributed by atoms with E-state index >= 15 is 13.2 Å². The van der Waals surface area contributed by atoms with Crippen molar-refractivity contribution in [3.8, 4) is 28.7 Å². The van der Waals surface area contributed by atoms with E-state index in [2.05, 4.69) is 4.74 Å². The molecular formula is C31H14F10O. The summed E-state index contributed by atoms with van der Waals surface area (Å²) in [5.74, 6) is -5.57. The van der Waals surface area contributed by atoms with E-state index < -0.39 is 74.4 Å². The SMILES string of the molecule is Cc1ccc(-c2ccc3c(F)c(C(F)(F)Oc4ccc5c(F)c(C#CC(F)(F)F)c(F)cc5c4)c(F)cc3c2)c(F)c1. The number of hydrogen-bond donors (Lipinski definition) is 0. The van der Waals surface area contributed by atoms with Crippen LogP contribution in [0.2, 0.25) is 0 Å². The first kappa shape index (κ1) is 28.8. The van der Waals surface area contributed by atoms with Crippen LogP contribution < -0.4 is 4.74 Å². The summed E-state index contributed by atoms with van der Waals surface area (Å²) in [5.41, 5.74) is -1.92. The van der Waals surface area contributed by atoms with Crippen LogP contribution in [0.1, 0.15) is 16.7 Å². The van der Waals surface area contributed by atoms with Crippen molar-refractivity contribution in [2.75, 3.05) is 0 Å². The van der Waals surface area contributed by atoms with Gasteiger partial charge in [0, 0.05) is 22.3 Å². The monoisotopic (exact) mass is 592 g/mol. The van der Waals surface area contributed by atoms with E-state index in [9.17, 15) is 30.7 Å². The fourth-order valence-electron chi connectivity index (χ4n) is 4.44. The smallest absolute Gasteiger partial charge is 0.429 e. The Kier molecular flexibility index (Phi) is 7.05. The molecule has 0 amide bonds. The van der Waals surface area contributed by atoms with Gasteiger partial charge < -0.3 is 4.74 Å². The Morgan fingerprint density at radius 1 is 0.643 bits per heavy atom. The second-order valence-electron chi connectivity index (χ2n) is 9.26. The maximum absolute atomic E-state index is 15.3. The molecule has 0 aliphatic rings. The number of benzene rings is 5. The molecular weight excluding hydrogens is 578 g/mol. The third-order valence-electron chi connectivity index (χ3n) is 6.33. The van der Waals surface area contributed by atoms with Crippen molar-refractivity contribution in [2.24, 2.45) is 0 Å². The number of halogens is 10. The van der Waals surface area contributed by atoms with Gasteiger partial charge in [-0.25, -0.2) is 22.0 Å². The van der Waals surface area contributed by atoms with Crippen LogP contribution in [0.3, 0.4) is 0 Å². The van der Waals surface area contributed by atoms with Crippen LogP contribution in [0.5, 0.6) is 5.75 Å². The van der Waals surface area contributed by atoms with Crippen LogP contribution in [0.4, 0.5) is 43.9 Å². The minimum Gasteiger partial charge on any atom is -0.429 e. The maximum atomic E-state index is 15.3. The first-order valence-corrected chi connectivity index (χ1v) is 11.9. The number of ether oxygens (including phenoxy) is 1. The number of aryl methyl sites for hydroxylation is 1. The number of alkyl halides is 5. The molecule has 0 N–H and O–H groups in total. The van der Waals surface area contributed by atoms with E-state index in [1.807, 2.05) is 0 Å². The summed E-state index contributed by atoms with van der Waals surface area (Å²) in [6.07, 6.45) is -9.65. The summed E-state index contributed by atoms with van der Waals surface area (Å²) in [6.45, 7) is 1.67. The molecule has 0 bridgehead atoms. The highest BCUT2D eigenvalue weighted by Gasteiger charge is 2.42. The Labute approximate surface area is 231 Å². The van der Waals surface area contributed by atoms with Crippen LogP contribution in [0.25, 0.3) is 32.7 Å². The zero-order valence-electron chi connectivity index (χ0n) is 21.0. The number of fused-ring (bicyclic) bond motifs is 2. The third-order valence-corrected chi connectivity index (χ3v) is 6.33. The summed E-state index contributed by atoms with van der Waals surface area (Å²) in [6, 6.07) is 11.4. The standard InChI is InChI=1S/C31H14F10O/c1-15-2-5-20(24(32)10-15)16-3-6-22-17(11-16)14-26(34)27(29(22)36)31(40,41)42-19-4-7-21-18(12-19)13-25(33)23(28(21)35)8-9-30(37,38)39/h2-7,10-14H,1H3. The lowest BCUT2D eigenvalue weighted by Gasteiger charge is -2.21. The molecule has 0 spiro atoms. The lowest BCUT2D eigenvalue weighted by Crippen LogP contribution is -2.25. The molecule has 5 aromatic carbocycles. The van der Waals surface area contributed by atoms with Crippen molar-refractivity contribution in [3.05, 3.63) is 113 Å². The topological polar surface area (TPSA) is 9.23 Å². The second-order valence-corrected chi connectivity index (χ2v) is 9.26. The van der Waals surface area contributed by atoms with E-state index in [1.54, 1.807) is 13.0 Å². The van der Waals surface area contributed by atoms with Crippen LogP contribution in [-0.2, 0) is 6.11 Å². The van der Waals surface area contributed by atoms with Crippen LogP contribution in [0.15, 0.2) is 66.7 Å². The predicted molar refractivity (Wildman–Crippen MR) is 135 cm³/mol. The minimum atomic E-state index is -5.02. The zero-order chi connectivity index (χ0) is 30.6. The van der Waals surface area contributed by atoms with Gasteiger partial charge in [0.05, 0.1) is 5.56 Å². The molecule has 0 heterocycles. The Morgan fingerprint density at radius 3 is 1.98 bits per heavy atom. The Bertz CT molecular complexity index is 1950. The molecule has 0 saturated heterocycles. The molecule has 0 atom stereocenters. The second kappa shape index (κ2) is 10.3. The first-order chi connectivity index (χ1) is 19.6. The van der Waals surface area contributed by atoms with Gasteiger partial charge >= 0.3 is 12.3 Å². The van der Waals surface area contributed by atoms with Crippen molar-refractivity contribution in [3.63, 3.8) is 0 Å². The summed E-state index contributed by atoms with van der Waals surface area (Å²) in [4.78, 5) is 0. The molecule has 0 saturated carbocycles. The molecule has 11 heteroatoms. The van der Waals surface area contributed by atoms with Crippen LogP contribution >= 0.6 is 0 Å². The quantitative estimate of drug-likeness (QED) is 0.149. The summed E-state index contributed by atoms with van der Waals surface area (Å²) < 4.78 is 145. The summed E-state index contributed by atoms with van der Waals surface area (Å²) >= 11 is 0. The molecule has 0 unspecified atom stereocenters. The molecule has 0 radical (unpaired) electrons. The zero-order valence-corrected chi connectivity index (χ0v) is 21.0. The van der Waals surface area contributed by atoms with Crippen LogP contribution in [-0.4, -0.2) is 6.18 Å². The lowest BCUT2D eigenvalue weighted by atomic mass is 9.98. The largest absolute Gasteiger partial charge is 0.458 e. The van der Waals surface area contributed by atoms with Gasteiger partial charge in [0.15, 0.2) is 0 Å². The fraction of sp³-hybridized carbons (Fsp3) is 0.0968. The first-order valence-electron chi connectivity index (χ1n) is 11.9. The molecule has 214 valence electrons. The molecule has 0 aliphatic carbocycles. The van der Waals surface area contributed by atoms with Gasteiger partial charge in [-0.1, -0.05) is 30.2 Å². The van der Waals surface area contributed by atoms with E-state index in [4.69, 9.17) is 0 Å². The average molecular weight is 592 g/mol. The highest BCUT2D eigenvalue weighted by atomic mass is 19.4. The average Bonchev–Trinajstić information content (AvgIpc) is 2.87. The van der Waals surface area contributed by atoms with E-state index in [0.717, 1.165) is 30.2 Å². The van der Waals surface area contributed by atoms with Crippen molar-refractivity contribution in [1.29, 1.82) is 0 Å². The third kappa shape index (κ3) is 5.44. The van der Waals surface area contributed by atoms with Gasteiger partial charge in [0.25, 0.3) is 0 Å². The Morgan fingerprint density at radius 2 is 1.29 bits per heavy atom. The molecule has 5 rings (SSSR count). The van der Waals surface area contributed by atoms with Gasteiger partial charge in [-0.05, 0) is 71.3 Å². The van der Waals surface area contributed by atoms with Crippen LogP contribution in [0, 0.1) is 47.9 Å². The molecule has 0 fully saturated rings. The van der Waals surface area contributed by atoms with Gasteiger partial charge in [-0.2, -0.15) is 22.0 Å². The minimum absolute atomic E-state index is 0.129. The normalized spacial score (nSPS) is 12.0. The van der Waals surface area contributed by atoms with Crippen molar-refractivity contribution >= 4 is 21.5 Å². The highest BCUT2D eigenvalue weighted by Crippen LogP contribution is 2.40. The molecule has 1 nitrogen and oxygen atoms in total. The van der Waals surface area contributed by atoms with Gasteiger partial charge in [-0.3, -0.25) is 0 Å². The highest BCUT2D eigenvalue weighted by molar-refractivity contribution is 5.89. The van der Waals surface area contributed by atoms with Gasteiger partial charge in [-0.15, -0.1) is 0 Å². The van der Waals surface area contributed by atoms with Crippen molar-refractivity contribution in [1.82, 2.24) is 0 Å². The fourth-order valence-corrected chi connectivity index (χ4v) is 4.44. The van der Waals surface area contributed by atoms with Crippen molar-refractivity contribution in [2.45, 2.75) is 19.2 Å². The summed E-state index contributed by atoms with van der Waals surface area (Å²) in [5, 5.41) is -1.42. The van der Waals surface area contributed by atoms with E-state index in [-0.39, 0.29) is 16.5 Å². The van der Waals surface area contributed by atoms with E-state index in [1.165, 1.54) is 30.2 Å². The molecule has 0 aliphatic heterocycles. The Balaban J connectivity index is 1.51. The lowest BCUT2D eigenvalue weighted by molar-refractivity contribution is -0.189. The van der Waals surface area contributed by atoms with E-state index in [0.29, 0.717) is 17.7 Å². The molecule has 5 aromatic rings. The molecule has 42 heavy (non-hydrogen) atoms. The summed E-state index contributed by atoms with van der Waals surface area (Å²) in [7, 11) is 0. The van der Waals surface area contributed by atoms with Gasteiger partial charge in [0.2, 0.25) is 0 Å². The predicted octanol–water partition coefficient (Wildman–Crippen LogP) is 9.71. The van der Waals surface area contributed by atoms with Crippen molar-refractivity contribution < 1.29 is 48.6 Å².